The summed E-state index contributed by atoms with van der Waals surface area (Å²) in [7, 11) is -3.59. The Kier molecular flexibility index (Phi) is 7.22. The van der Waals surface area contributed by atoms with Crippen LogP contribution < -0.4 is 15.8 Å². The van der Waals surface area contributed by atoms with Crippen molar-refractivity contribution in [3.63, 3.8) is 0 Å². The van der Waals surface area contributed by atoms with E-state index in [1.54, 1.807) is 0 Å². The first kappa shape index (κ1) is 19.6. The summed E-state index contributed by atoms with van der Waals surface area (Å²) in [4.78, 5) is 7.53. The molecular formula is C11H18F3N5O2S2. The van der Waals surface area contributed by atoms with E-state index in [1.165, 1.54) is 0 Å². The molecular weight excluding hydrogens is 355 g/mol. The van der Waals surface area contributed by atoms with E-state index in [2.05, 4.69) is 20.6 Å². The number of hydrogen-bond donors (Lipinski definition) is 3. The molecule has 0 aliphatic carbocycles. The van der Waals surface area contributed by atoms with E-state index in [1.807, 2.05) is 6.92 Å². The lowest BCUT2D eigenvalue weighted by molar-refractivity contribution is -0.140. The molecule has 0 saturated carbocycles. The second kappa shape index (κ2) is 8.45. The van der Waals surface area contributed by atoms with Crippen LogP contribution in [0.4, 0.5) is 13.2 Å². The van der Waals surface area contributed by atoms with E-state index in [4.69, 9.17) is 5.14 Å². The highest BCUT2D eigenvalue weighted by atomic mass is 32.2. The Hall–Kier alpha value is -1.40. The molecule has 132 valence electrons. The summed E-state index contributed by atoms with van der Waals surface area (Å²) < 4.78 is 58.9. The maximum absolute atomic E-state index is 12.4. The summed E-state index contributed by atoms with van der Waals surface area (Å²) in [6.45, 7) is 2.68. The minimum Gasteiger partial charge on any atom is -0.357 e. The normalized spacial score (nSPS) is 13.2. The number of halogens is 3. The molecule has 0 aromatic carbocycles. The molecule has 0 unspecified atom stereocenters. The van der Waals surface area contributed by atoms with Crippen LogP contribution in [0.1, 0.15) is 17.6 Å². The summed E-state index contributed by atoms with van der Waals surface area (Å²) in [5, 5.41) is 12.0. The summed E-state index contributed by atoms with van der Waals surface area (Å²) in [6.07, 6.45) is -4.15. The van der Waals surface area contributed by atoms with Gasteiger partial charge in [-0.25, -0.2) is 18.5 Å². The number of hydrogen-bond acceptors (Lipinski definition) is 5. The highest BCUT2D eigenvalue weighted by Gasteiger charge is 2.33. The van der Waals surface area contributed by atoms with E-state index in [9.17, 15) is 21.6 Å². The molecule has 1 heterocycles. The van der Waals surface area contributed by atoms with Gasteiger partial charge in [0.2, 0.25) is 10.0 Å². The molecule has 0 bridgehead atoms. The number of rotatable bonds is 7. The summed E-state index contributed by atoms with van der Waals surface area (Å²) in [5.74, 6) is 0.0779. The lowest BCUT2D eigenvalue weighted by atomic mass is 10.4. The monoisotopic (exact) mass is 373 g/mol. The van der Waals surface area contributed by atoms with Gasteiger partial charge in [-0.3, -0.25) is 4.99 Å². The molecule has 0 aliphatic rings. The zero-order valence-electron chi connectivity index (χ0n) is 12.4. The molecule has 1 rings (SSSR count). The van der Waals surface area contributed by atoms with Gasteiger partial charge in [0.05, 0.1) is 17.3 Å². The van der Waals surface area contributed by atoms with Gasteiger partial charge < -0.3 is 10.6 Å². The van der Waals surface area contributed by atoms with Crippen LogP contribution >= 0.6 is 11.3 Å². The predicted octanol–water partition coefficient (Wildman–Crippen LogP) is 0.548. The van der Waals surface area contributed by atoms with E-state index >= 15 is 0 Å². The third kappa shape index (κ3) is 8.13. The summed E-state index contributed by atoms with van der Waals surface area (Å²) >= 11 is 0.935. The van der Waals surface area contributed by atoms with Gasteiger partial charge in [-0.2, -0.15) is 13.2 Å². The second-order valence-corrected chi connectivity index (χ2v) is 7.11. The van der Waals surface area contributed by atoms with Gasteiger partial charge in [0.25, 0.3) is 0 Å². The van der Waals surface area contributed by atoms with Crippen LogP contribution in [0.5, 0.6) is 0 Å². The number of nitrogens with one attached hydrogen (secondary N) is 2. The Labute approximate surface area is 136 Å². The molecule has 0 radical (unpaired) electrons. The van der Waals surface area contributed by atoms with Gasteiger partial charge in [0.1, 0.15) is 0 Å². The Morgan fingerprint density at radius 2 is 2.13 bits per heavy atom. The van der Waals surface area contributed by atoms with E-state index in [0.29, 0.717) is 30.5 Å². The van der Waals surface area contributed by atoms with Crippen molar-refractivity contribution in [1.82, 2.24) is 15.6 Å². The first-order valence-corrected chi connectivity index (χ1v) is 9.25. The largest absolute Gasteiger partial charge is 0.434 e. The van der Waals surface area contributed by atoms with Crippen molar-refractivity contribution < 1.29 is 21.6 Å². The third-order valence-electron chi connectivity index (χ3n) is 2.46. The Bertz CT molecular complexity index is 628. The Morgan fingerprint density at radius 3 is 2.65 bits per heavy atom. The van der Waals surface area contributed by atoms with Crippen LogP contribution in [-0.2, 0) is 22.6 Å². The van der Waals surface area contributed by atoms with Crippen LogP contribution in [-0.4, -0.2) is 44.7 Å². The van der Waals surface area contributed by atoms with Gasteiger partial charge in [0, 0.05) is 24.9 Å². The fourth-order valence-electron chi connectivity index (χ4n) is 1.47. The maximum atomic E-state index is 12.4. The molecule has 23 heavy (non-hydrogen) atoms. The molecule has 0 saturated heterocycles. The van der Waals surface area contributed by atoms with Crippen molar-refractivity contribution in [3.05, 3.63) is 16.1 Å². The first-order valence-electron chi connectivity index (χ1n) is 6.66. The summed E-state index contributed by atoms with van der Waals surface area (Å²) in [5.41, 5.74) is -0.897. The van der Waals surface area contributed by atoms with Crippen LogP contribution in [0.25, 0.3) is 0 Å². The molecule has 0 atom stereocenters. The SMILES string of the molecule is CCNC(=NCCS(N)(=O)=O)NCCc1nc(C(F)(F)F)cs1. The van der Waals surface area contributed by atoms with Crippen molar-refractivity contribution in [1.29, 1.82) is 0 Å². The minimum atomic E-state index is -4.44. The fraction of sp³-hybridized carbons (Fsp3) is 0.636. The lowest BCUT2D eigenvalue weighted by Crippen LogP contribution is -2.38. The molecule has 4 N–H and O–H groups in total. The number of sulfonamides is 1. The first-order chi connectivity index (χ1) is 10.6. The topological polar surface area (TPSA) is 109 Å². The number of aliphatic imine (C=N–C) groups is 1. The number of nitrogens with two attached hydrogens (primary N) is 1. The number of aromatic nitrogens is 1. The van der Waals surface area contributed by atoms with Crippen LogP contribution in [0.2, 0.25) is 0 Å². The van der Waals surface area contributed by atoms with Crippen LogP contribution in [0.3, 0.4) is 0 Å². The standard InChI is InChI=1S/C11H18F3N5O2S2/c1-2-16-10(18-5-6-23(15,20)21)17-4-3-9-19-8(7-22-9)11(12,13)14/h7H,2-6H2,1H3,(H2,15,20,21)(H2,16,17,18). The number of primary sulfonamides is 1. The van der Waals surface area contributed by atoms with Crippen LogP contribution in [0, 0.1) is 0 Å². The molecule has 7 nitrogen and oxygen atoms in total. The minimum absolute atomic E-state index is 0.0103. The molecule has 1 aromatic heterocycles. The zero-order chi connectivity index (χ0) is 17.5. The average Bonchev–Trinajstić information content (AvgIpc) is 2.86. The predicted molar refractivity (Wildman–Crippen MR) is 82.8 cm³/mol. The number of nitrogens with zero attached hydrogens (tertiary/aromatic N) is 2. The fourth-order valence-corrected chi connectivity index (χ4v) is 2.62. The number of thiazole rings is 1. The van der Waals surface area contributed by atoms with Gasteiger partial charge in [0.15, 0.2) is 11.7 Å². The zero-order valence-corrected chi connectivity index (χ0v) is 14.0. The van der Waals surface area contributed by atoms with E-state index < -0.39 is 21.9 Å². The van der Waals surface area contributed by atoms with Gasteiger partial charge in [-0.1, -0.05) is 0 Å². The smallest absolute Gasteiger partial charge is 0.357 e. The summed E-state index contributed by atoms with van der Waals surface area (Å²) in [6, 6.07) is 0. The third-order valence-corrected chi connectivity index (χ3v) is 4.12. The Morgan fingerprint density at radius 1 is 1.43 bits per heavy atom. The number of alkyl halides is 3. The molecule has 0 spiro atoms. The molecule has 0 fully saturated rings. The quantitative estimate of drug-likeness (QED) is 0.478. The second-order valence-electron chi connectivity index (χ2n) is 4.43. The highest BCUT2D eigenvalue weighted by Crippen LogP contribution is 2.29. The lowest BCUT2D eigenvalue weighted by Gasteiger charge is -2.10. The molecule has 0 aliphatic heterocycles. The van der Waals surface area contributed by atoms with Crippen molar-refractivity contribution in [2.24, 2.45) is 10.1 Å². The van der Waals surface area contributed by atoms with Crippen molar-refractivity contribution in [2.45, 2.75) is 19.5 Å². The van der Waals surface area contributed by atoms with E-state index in [-0.39, 0.29) is 12.3 Å². The van der Waals surface area contributed by atoms with E-state index in [0.717, 1.165) is 16.7 Å². The molecule has 12 heteroatoms. The van der Waals surface area contributed by atoms with Gasteiger partial charge in [-0.05, 0) is 6.92 Å². The van der Waals surface area contributed by atoms with Gasteiger partial charge >= 0.3 is 6.18 Å². The Balaban J connectivity index is 2.49. The van der Waals surface area contributed by atoms with Gasteiger partial charge in [-0.15, -0.1) is 11.3 Å². The van der Waals surface area contributed by atoms with Crippen molar-refractivity contribution >= 4 is 27.3 Å². The molecule has 1 aromatic rings. The maximum Gasteiger partial charge on any atom is 0.434 e. The highest BCUT2D eigenvalue weighted by molar-refractivity contribution is 7.89. The average molecular weight is 373 g/mol. The number of guanidine groups is 1. The van der Waals surface area contributed by atoms with Crippen molar-refractivity contribution in [2.75, 3.05) is 25.4 Å². The van der Waals surface area contributed by atoms with Crippen LogP contribution in [0.15, 0.2) is 10.4 Å². The molecule has 0 amide bonds. The van der Waals surface area contributed by atoms with Crippen molar-refractivity contribution in [3.8, 4) is 0 Å².